The average Bonchev–Trinajstić information content (AvgIpc) is 2.62. The highest BCUT2D eigenvalue weighted by Crippen LogP contribution is 2.22. The molecule has 9 heteroatoms. The van der Waals surface area contributed by atoms with E-state index in [1.807, 2.05) is 0 Å². The summed E-state index contributed by atoms with van der Waals surface area (Å²) in [5.41, 5.74) is -0.416. The summed E-state index contributed by atoms with van der Waals surface area (Å²) in [6.07, 6.45) is 0.966. The molecule has 1 aromatic rings. The quantitative estimate of drug-likeness (QED) is 0.593. The minimum absolute atomic E-state index is 0.321. The van der Waals surface area contributed by atoms with Gasteiger partial charge in [-0.3, -0.25) is 14.9 Å². The largest absolute Gasteiger partial charge is 0.358 e. The Bertz CT molecular complexity index is 466. The van der Waals surface area contributed by atoms with Gasteiger partial charge < -0.3 is 15.4 Å². The van der Waals surface area contributed by atoms with Crippen LogP contribution in [0.25, 0.3) is 0 Å². The first-order valence-electron chi connectivity index (χ1n) is 4.71. The predicted octanol–water partition coefficient (Wildman–Crippen LogP) is 0.441. The molecule has 0 spiro atoms. The van der Waals surface area contributed by atoms with Gasteiger partial charge in [0, 0.05) is 6.54 Å². The number of carbonyl (C=O) groups is 1. The number of amides is 1. The molecule has 0 fully saturated rings. The van der Waals surface area contributed by atoms with Gasteiger partial charge in [0.25, 0.3) is 5.91 Å². The molecule has 0 aliphatic heterocycles. The lowest BCUT2D eigenvalue weighted by atomic mass is 10.5. The van der Waals surface area contributed by atoms with Crippen LogP contribution in [0.3, 0.4) is 0 Å². The van der Waals surface area contributed by atoms with E-state index in [0.717, 1.165) is 16.8 Å². The highest BCUT2D eigenvalue weighted by molar-refractivity contribution is 5.76. The van der Waals surface area contributed by atoms with E-state index >= 15 is 0 Å². The first kappa shape index (κ1) is 12.6. The number of carbonyl (C=O) groups excluding carboxylic acids is 1. The molecule has 1 amide bonds. The minimum Gasteiger partial charge on any atom is -0.358 e. The molecular weight excluding hydrogens is 232 g/mol. The van der Waals surface area contributed by atoms with Crippen molar-refractivity contribution in [1.82, 2.24) is 9.88 Å². The molecule has 0 atom stereocenters. The van der Waals surface area contributed by atoms with Crippen LogP contribution in [0.4, 0.5) is 11.5 Å². The summed E-state index contributed by atoms with van der Waals surface area (Å²) in [5, 5.41) is 23.5. The van der Waals surface area contributed by atoms with Gasteiger partial charge in [0.1, 0.15) is 6.07 Å². The van der Waals surface area contributed by atoms with Crippen molar-refractivity contribution in [1.29, 1.82) is 0 Å². The molecule has 0 aliphatic carbocycles. The van der Waals surface area contributed by atoms with Crippen LogP contribution in [0.1, 0.15) is 6.92 Å². The van der Waals surface area contributed by atoms with Gasteiger partial charge in [-0.2, -0.15) is 0 Å². The molecule has 9 nitrogen and oxygen atoms in total. The van der Waals surface area contributed by atoms with E-state index in [1.54, 1.807) is 6.92 Å². The summed E-state index contributed by atoms with van der Waals surface area (Å²) in [6, 6.07) is 0.819. The molecule has 0 saturated heterocycles. The van der Waals surface area contributed by atoms with Crippen molar-refractivity contribution in [3.8, 4) is 0 Å². The Morgan fingerprint density at radius 3 is 2.53 bits per heavy atom. The number of hydrogen-bond donors (Lipinski definition) is 1. The summed E-state index contributed by atoms with van der Waals surface area (Å²) < 4.78 is 0.934. The number of aromatic nitrogens is 1. The van der Waals surface area contributed by atoms with Crippen LogP contribution < -0.4 is 5.32 Å². The molecule has 1 rings (SSSR count). The molecule has 0 unspecified atom stereocenters. The van der Waals surface area contributed by atoms with E-state index in [1.165, 1.54) is 0 Å². The Morgan fingerprint density at radius 2 is 2.06 bits per heavy atom. The fourth-order valence-electron chi connectivity index (χ4n) is 1.27. The highest BCUT2D eigenvalue weighted by atomic mass is 16.6. The third kappa shape index (κ3) is 3.00. The maximum atomic E-state index is 11.2. The van der Waals surface area contributed by atoms with Gasteiger partial charge in [0.15, 0.2) is 12.7 Å². The maximum absolute atomic E-state index is 11.2. The van der Waals surface area contributed by atoms with E-state index in [9.17, 15) is 25.0 Å². The lowest BCUT2D eigenvalue weighted by Gasteiger charge is -2.01. The zero-order valence-corrected chi connectivity index (χ0v) is 8.95. The number of nitrogens with zero attached hydrogens (tertiary/aromatic N) is 3. The molecular formula is C8H10N4O5. The normalized spacial score (nSPS) is 9.94. The Morgan fingerprint density at radius 1 is 1.41 bits per heavy atom. The number of hydrogen-bond acceptors (Lipinski definition) is 5. The molecule has 1 heterocycles. The third-order valence-electron chi connectivity index (χ3n) is 1.95. The first-order chi connectivity index (χ1) is 7.95. The second kappa shape index (κ2) is 5.05. The monoisotopic (exact) mass is 242 g/mol. The molecule has 17 heavy (non-hydrogen) atoms. The van der Waals surface area contributed by atoms with Gasteiger partial charge >= 0.3 is 11.5 Å². The Kier molecular flexibility index (Phi) is 3.75. The topological polar surface area (TPSA) is 120 Å². The van der Waals surface area contributed by atoms with Gasteiger partial charge in [0.2, 0.25) is 0 Å². The van der Waals surface area contributed by atoms with Gasteiger partial charge in [-0.05, 0) is 11.8 Å². The lowest BCUT2D eigenvalue weighted by Crippen LogP contribution is -2.27. The maximum Gasteiger partial charge on any atom is 0.330 e. The lowest BCUT2D eigenvalue weighted by molar-refractivity contribution is -0.394. The Balaban J connectivity index is 3.00. The standard InChI is InChI=1S/C8H10N4O5/c1-2-9-7(13)5-10-4-6(11(14)15)3-8(10)12(16)17/h3-4H,2,5H2,1H3,(H,9,13). The third-order valence-corrected chi connectivity index (χ3v) is 1.95. The van der Waals surface area contributed by atoms with Crippen LogP contribution in [0.5, 0.6) is 0 Å². The van der Waals surface area contributed by atoms with E-state index in [2.05, 4.69) is 5.32 Å². The molecule has 0 aromatic carbocycles. The molecule has 0 saturated carbocycles. The number of nitrogens with one attached hydrogen (secondary N) is 1. The summed E-state index contributed by atoms with van der Waals surface area (Å²) in [5.74, 6) is -0.927. The van der Waals surface area contributed by atoms with Crippen molar-refractivity contribution in [2.45, 2.75) is 13.5 Å². The molecule has 0 aliphatic rings. The Hall–Kier alpha value is -2.45. The van der Waals surface area contributed by atoms with Crippen molar-refractivity contribution in [2.75, 3.05) is 6.54 Å². The summed E-state index contributed by atoms with van der Waals surface area (Å²) >= 11 is 0. The zero-order valence-electron chi connectivity index (χ0n) is 8.95. The molecule has 0 bridgehead atoms. The number of nitro groups is 2. The second-order valence-corrected chi connectivity index (χ2v) is 3.15. The SMILES string of the molecule is CCNC(=O)Cn1cc([N+](=O)[O-])cc1[N+](=O)[O-]. The van der Waals surface area contributed by atoms with E-state index in [4.69, 9.17) is 0 Å². The Labute approximate surface area is 95.3 Å². The first-order valence-corrected chi connectivity index (χ1v) is 4.71. The van der Waals surface area contributed by atoms with Crippen molar-refractivity contribution in [2.24, 2.45) is 0 Å². The van der Waals surface area contributed by atoms with Crippen LogP contribution in [0.15, 0.2) is 12.3 Å². The van der Waals surface area contributed by atoms with Gasteiger partial charge in [0.05, 0.1) is 4.92 Å². The van der Waals surface area contributed by atoms with Crippen LogP contribution in [0, 0.1) is 20.2 Å². The van der Waals surface area contributed by atoms with Gasteiger partial charge in [-0.25, -0.2) is 4.57 Å². The van der Waals surface area contributed by atoms with Crippen LogP contribution in [0.2, 0.25) is 0 Å². The molecule has 92 valence electrons. The number of likely N-dealkylation sites (N-methyl/N-ethyl adjacent to an activating group) is 1. The fourth-order valence-corrected chi connectivity index (χ4v) is 1.27. The molecule has 0 radical (unpaired) electrons. The van der Waals surface area contributed by atoms with E-state index < -0.39 is 27.3 Å². The summed E-state index contributed by atoms with van der Waals surface area (Å²) in [6.45, 7) is 1.76. The van der Waals surface area contributed by atoms with Gasteiger partial charge in [-0.15, -0.1) is 0 Å². The van der Waals surface area contributed by atoms with Crippen LogP contribution in [-0.2, 0) is 11.3 Å². The van der Waals surface area contributed by atoms with Crippen molar-refractivity contribution in [3.05, 3.63) is 32.5 Å². The fraction of sp³-hybridized carbons (Fsp3) is 0.375. The molecule has 1 N–H and O–H groups in total. The summed E-state index contributed by atoms with van der Waals surface area (Å²) in [4.78, 5) is 30.8. The smallest absolute Gasteiger partial charge is 0.330 e. The average molecular weight is 242 g/mol. The highest BCUT2D eigenvalue weighted by Gasteiger charge is 2.24. The van der Waals surface area contributed by atoms with Crippen molar-refractivity contribution < 1.29 is 14.6 Å². The van der Waals surface area contributed by atoms with Crippen LogP contribution in [-0.4, -0.2) is 26.9 Å². The molecule has 1 aromatic heterocycles. The van der Waals surface area contributed by atoms with Crippen molar-refractivity contribution >= 4 is 17.4 Å². The zero-order chi connectivity index (χ0) is 13.0. The second-order valence-electron chi connectivity index (χ2n) is 3.15. The minimum atomic E-state index is -0.772. The number of rotatable bonds is 5. The van der Waals surface area contributed by atoms with Gasteiger partial charge in [-0.1, -0.05) is 0 Å². The van der Waals surface area contributed by atoms with Crippen molar-refractivity contribution in [3.63, 3.8) is 0 Å². The summed E-state index contributed by atoms with van der Waals surface area (Å²) in [7, 11) is 0. The predicted molar refractivity (Wildman–Crippen MR) is 56.4 cm³/mol. The van der Waals surface area contributed by atoms with E-state index in [-0.39, 0.29) is 6.54 Å². The van der Waals surface area contributed by atoms with Crippen LogP contribution >= 0.6 is 0 Å². The van der Waals surface area contributed by atoms with E-state index in [0.29, 0.717) is 6.54 Å².